The van der Waals surface area contributed by atoms with E-state index in [1.54, 1.807) is 18.6 Å². The van der Waals surface area contributed by atoms with Gasteiger partial charge in [-0.3, -0.25) is 4.98 Å². The van der Waals surface area contributed by atoms with Gasteiger partial charge in [-0.1, -0.05) is 0 Å². The third-order valence-electron chi connectivity index (χ3n) is 3.69. The molecule has 5 heteroatoms. The summed E-state index contributed by atoms with van der Waals surface area (Å²) in [5.41, 5.74) is 1.98. The number of nitrogens with zero attached hydrogens (tertiary/aromatic N) is 4. The molecule has 19 heavy (non-hydrogen) atoms. The Morgan fingerprint density at radius 1 is 1.26 bits per heavy atom. The van der Waals surface area contributed by atoms with Crippen molar-refractivity contribution in [3.05, 3.63) is 30.5 Å². The fourth-order valence-electron chi connectivity index (χ4n) is 2.67. The summed E-state index contributed by atoms with van der Waals surface area (Å²) >= 11 is 0. The number of imidazole rings is 1. The van der Waals surface area contributed by atoms with Crippen molar-refractivity contribution in [1.82, 2.24) is 24.8 Å². The van der Waals surface area contributed by atoms with Crippen LogP contribution in [-0.2, 0) is 13.5 Å². The molecule has 1 aliphatic rings. The topological polar surface area (TPSA) is 55.6 Å². The van der Waals surface area contributed by atoms with Gasteiger partial charge in [-0.15, -0.1) is 0 Å². The number of aryl methyl sites for hydroxylation is 1. The molecule has 3 heterocycles. The summed E-state index contributed by atoms with van der Waals surface area (Å²) in [4.78, 5) is 13.4. The minimum atomic E-state index is 0.657. The molecule has 1 saturated heterocycles. The molecule has 1 N–H and O–H groups in total. The molecule has 2 aromatic rings. The van der Waals surface area contributed by atoms with Crippen LogP contribution in [0.2, 0.25) is 0 Å². The largest absolute Gasteiger partial charge is 0.333 e. The molecule has 5 nitrogen and oxygen atoms in total. The van der Waals surface area contributed by atoms with Crippen LogP contribution in [0.5, 0.6) is 0 Å². The van der Waals surface area contributed by atoms with Gasteiger partial charge in [-0.05, 0) is 38.3 Å². The van der Waals surface area contributed by atoms with Crippen LogP contribution in [0.25, 0.3) is 11.5 Å². The van der Waals surface area contributed by atoms with E-state index in [4.69, 9.17) is 0 Å². The van der Waals surface area contributed by atoms with Crippen molar-refractivity contribution >= 4 is 0 Å². The second kappa shape index (κ2) is 5.48. The van der Waals surface area contributed by atoms with E-state index >= 15 is 0 Å². The van der Waals surface area contributed by atoms with Gasteiger partial charge in [0.1, 0.15) is 5.69 Å². The number of rotatable bonds is 3. The summed E-state index contributed by atoms with van der Waals surface area (Å²) in [6, 6.07) is 0. The third kappa shape index (κ3) is 2.66. The standard InChI is InChI=1S/C14H19N5/c1-19-8-7-18-14(19)13-12(16-5-6-17-13)9-11-3-2-4-15-10-11/h5-8,11,15H,2-4,9-10H2,1H3/t11-/m0/s1. The average Bonchev–Trinajstić information content (AvgIpc) is 2.87. The van der Waals surface area contributed by atoms with Crippen molar-refractivity contribution < 1.29 is 0 Å². The normalized spacial score (nSPS) is 19.5. The zero-order chi connectivity index (χ0) is 13.1. The lowest BCUT2D eigenvalue weighted by atomic mass is 9.94. The molecule has 0 spiro atoms. The van der Waals surface area contributed by atoms with Gasteiger partial charge in [-0.2, -0.15) is 0 Å². The summed E-state index contributed by atoms with van der Waals surface area (Å²) in [5, 5.41) is 3.45. The molecular weight excluding hydrogens is 238 g/mol. The molecule has 0 bridgehead atoms. The number of hydrogen-bond acceptors (Lipinski definition) is 4. The highest BCUT2D eigenvalue weighted by Gasteiger charge is 2.18. The molecule has 100 valence electrons. The van der Waals surface area contributed by atoms with Gasteiger partial charge in [0, 0.05) is 31.8 Å². The van der Waals surface area contributed by atoms with Crippen LogP contribution in [0.3, 0.4) is 0 Å². The molecule has 0 saturated carbocycles. The van der Waals surface area contributed by atoms with Crippen LogP contribution >= 0.6 is 0 Å². The second-order valence-electron chi connectivity index (χ2n) is 5.13. The molecule has 2 aromatic heterocycles. The maximum atomic E-state index is 4.53. The Labute approximate surface area is 113 Å². The molecule has 0 radical (unpaired) electrons. The van der Waals surface area contributed by atoms with Crippen molar-refractivity contribution in [2.24, 2.45) is 13.0 Å². The van der Waals surface area contributed by atoms with E-state index in [2.05, 4.69) is 20.3 Å². The predicted octanol–water partition coefficient (Wildman–Crippen LogP) is 1.42. The SMILES string of the molecule is Cn1ccnc1-c1nccnc1C[C@@H]1CCCNC1. The van der Waals surface area contributed by atoms with Gasteiger partial charge in [0.05, 0.1) is 5.69 Å². The summed E-state index contributed by atoms with van der Waals surface area (Å²) in [5.74, 6) is 1.55. The molecule has 0 unspecified atom stereocenters. The number of aromatic nitrogens is 4. The first kappa shape index (κ1) is 12.3. The van der Waals surface area contributed by atoms with E-state index in [1.165, 1.54) is 12.8 Å². The van der Waals surface area contributed by atoms with Gasteiger partial charge in [0.25, 0.3) is 0 Å². The molecule has 1 fully saturated rings. The molecule has 0 amide bonds. The zero-order valence-corrected chi connectivity index (χ0v) is 11.2. The highest BCUT2D eigenvalue weighted by atomic mass is 15.1. The highest BCUT2D eigenvalue weighted by Crippen LogP contribution is 2.22. The van der Waals surface area contributed by atoms with E-state index in [1.807, 2.05) is 17.8 Å². The number of nitrogens with one attached hydrogen (secondary N) is 1. The molecule has 0 aromatic carbocycles. The zero-order valence-electron chi connectivity index (χ0n) is 11.2. The fraction of sp³-hybridized carbons (Fsp3) is 0.500. The molecule has 0 aliphatic carbocycles. The van der Waals surface area contributed by atoms with Crippen LogP contribution in [0.1, 0.15) is 18.5 Å². The van der Waals surface area contributed by atoms with Gasteiger partial charge in [0.15, 0.2) is 5.82 Å². The van der Waals surface area contributed by atoms with E-state index in [0.29, 0.717) is 5.92 Å². The minimum absolute atomic E-state index is 0.657. The summed E-state index contributed by atoms with van der Waals surface area (Å²) in [6.45, 7) is 2.22. The van der Waals surface area contributed by atoms with Crippen molar-refractivity contribution in [3.63, 3.8) is 0 Å². The lowest BCUT2D eigenvalue weighted by Gasteiger charge is -2.22. The first-order valence-corrected chi connectivity index (χ1v) is 6.83. The van der Waals surface area contributed by atoms with Gasteiger partial charge in [-0.25, -0.2) is 9.97 Å². The number of piperidine rings is 1. The Hall–Kier alpha value is -1.75. The van der Waals surface area contributed by atoms with E-state index in [9.17, 15) is 0 Å². The Kier molecular flexibility index (Phi) is 3.55. The monoisotopic (exact) mass is 257 g/mol. The van der Waals surface area contributed by atoms with Crippen LogP contribution in [0, 0.1) is 5.92 Å². The molecule has 3 rings (SSSR count). The van der Waals surface area contributed by atoms with Crippen molar-refractivity contribution in [3.8, 4) is 11.5 Å². The first-order chi connectivity index (χ1) is 9.34. The van der Waals surface area contributed by atoms with Crippen LogP contribution in [0.15, 0.2) is 24.8 Å². The second-order valence-corrected chi connectivity index (χ2v) is 5.13. The van der Waals surface area contributed by atoms with Crippen LogP contribution in [-0.4, -0.2) is 32.6 Å². The van der Waals surface area contributed by atoms with E-state index in [-0.39, 0.29) is 0 Å². The summed E-state index contributed by atoms with van der Waals surface area (Å²) < 4.78 is 1.99. The quantitative estimate of drug-likeness (QED) is 0.903. The molecule has 1 atom stereocenters. The summed E-state index contributed by atoms with van der Waals surface area (Å²) in [7, 11) is 1.99. The average molecular weight is 257 g/mol. The minimum Gasteiger partial charge on any atom is -0.333 e. The highest BCUT2D eigenvalue weighted by molar-refractivity contribution is 5.52. The Morgan fingerprint density at radius 2 is 2.16 bits per heavy atom. The summed E-state index contributed by atoms with van der Waals surface area (Å²) in [6.07, 6.45) is 10.8. The molecular formula is C14H19N5. The third-order valence-corrected chi connectivity index (χ3v) is 3.69. The van der Waals surface area contributed by atoms with Gasteiger partial charge < -0.3 is 9.88 Å². The van der Waals surface area contributed by atoms with E-state index < -0.39 is 0 Å². The van der Waals surface area contributed by atoms with Crippen molar-refractivity contribution in [2.45, 2.75) is 19.3 Å². The van der Waals surface area contributed by atoms with E-state index in [0.717, 1.165) is 36.7 Å². The van der Waals surface area contributed by atoms with Gasteiger partial charge in [0.2, 0.25) is 0 Å². The van der Waals surface area contributed by atoms with Crippen LogP contribution < -0.4 is 5.32 Å². The van der Waals surface area contributed by atoms with Crippen molar-refractivity contribution in [2.75, 3.05) is 13.1 Å². The Morgan fingerprint density at radius 3 is 2.89 bits per heavy atom. The first-order valence-electron chi connectivity index (χ1n) is 6.83. The predicted molar refractivity (Wildman–Crippen MR) is 73.5 cm³/mol. The van der Waals surface area contributed by atoms with Gasteiger partial charge >= 0.3 is 0 Å². The van der Waals surface area contributed by atoms with Crippen LogP contribution in [0.4, 0.5) is 0 Å². The number of hydrogen-bond donors (Lipinski definition) is 1. The lowest BCUT2D eigenvalue weighted by Crippen LogP contribution is -2.31. The maximum Gasteiger partial charge on any atom is 0.160 e. The molecule has 1 aliphatic heterocycles. The Balaban J connectivity index is 1.87. The smallest absolute Gasteiger partial charge is 0.160 e. The fourth-order valence-corrected chi connectivity index (χ4v) is 2.67. The van der Waals surface area contributed by atoms with Crippen molar-refractivity contribution in [1.29, 1.82) is 0 Å². The lowest BCUT2D eigenvalue weighted by molar-refractivity contribution is 0.373. The Bertz CT molecular complexity index is 542. The maximum absolute atomic E-state index is 4.53.